The van der Waals surface area contributed by atoms with Crippen molar-refractivity contribution in [3.63, 3.8) is 0 Å². The number of fused-ring (bicyclic) bond motifs is 1. The third-order valence-electron chi connectivity index (χ3n) is 6.50. The molecule has 3 fully saturated rings. The maximum absolute atomic E-state index is 13.0. The molecule has 1 saturated heterocycles. The summed E-state index contributed by atoms with van der Waals surface area (Å²) in [5.74, 6) is 1.78. The highest BCUT2D eigenvalue weighted by molar-refractivity contribution is 5.81. The Labute approximate surface area is 133 Å². The lowest BCUT2D eigenvalue weighted by atomic mass is 9.72. The Morgan fingerprint density at radius 1 is 0.909 bits per heavy atom. The van der Waals surface area contributed by atoms with Crippen LogP contribution in [0.25, 0.3) is 0 Å². The van der Waals surface area contributed by atoms with Crippen molar-refractivity contribution < 1.29 is 9.59 Å². The first-order chi connectivity index (χ1) is 10.6. The molecule has 2 aliphatic carbocycles. The van der Waals surface area contributed by atoms with Crippen LogP contribution in [0.4, 0.5) is 0 Å². The summed E-state index contributed by atoms with van der Waals surface area (Å²) in [5, 5.41) is 0. The average Bonchev–Trinajstić information content (AvgIpc) is 2.55. The van der Waals surface area contributed by atoms with Crippen LogP contribution < -0.4 is 5.73 Å². The fourth-order valence-electron chi connectivity index (χ4n) is 5.05. The number of carbonyl (C=O) groups is 2. The van der Waals surface area contributed by atoms with Crippen LogP contribution in [0.2, 0.25) is 0 Å². The van der Waals surface area contributed by atoms with Crippen molar-refractivity contribution in [3.05, 3.63) is 0 Å². The first-order valence-electron chi connectivity index (χ1n) is 9.17. The molecular weight excluding hydrogens is 276 g/mol. The summed E-state index contributed by atoms with van der Waals surface area (Å²) in [6.07, 6.45) is 9.52. The molecule has 1 heterocycles. The van der Waals surface area contributed by atoms with Crippen molar-refractivity contribution in [1.29, 1.82) is 0 Å². The number of piperidine rings is 1. The van der Waals surface area contributed by atoms with Crippen LogP contribution in [-0.2, 0) is 9.59 Å². The Hall–Kier alpha value is -1.06. The second-order valence-corrected chi connectivity index (χ2v) is 7.76. The molecule has 0 bridgehead atoms. The molecule has 3 atom stereocenters. The molecule has 0 aromatic carbocycles. The molecule has 3 rings (SSSR count). The third kappa shape index (κ3) is 3.02. The minimum Gasteiger partial charge on any atom is -0.369 e. The number of primary amides is 1. The summed E-state index contributed by atoms with van der Waals surface area (Å²) in [4.78, 5) is 26.5. The smallest absolute Gasteiger partial charge is 0.225 e. The number of carbonyl (C=O) groups excluding carboxylic acids is 2. The van der Waals surface area contributed by atoms with Gasteiger partial charge in [0.2, 0.25) is 11.8 Å². The summed E-state index contributed by atoms with van der Waals surface area (Å²) >= 11 is 0. The first kappa shape index (κ1) is 15.8. The number of rotatable bonds is 2. The quantitative estimate of drug-likeness (QED) is 0.852. The summed E-state index contributed by atoms with van der Waals surface area (Å²) in [6.45, 7) is 3.31. The fourth-order valence-corrected chi connectivity index (χ4v) is 5.05. The van der Waals surface area contributed by atoms with Gasteiger partial charge in [-0.05, 0) is 56.8 Å². The molecule has 4 heteroatoms. The number of hydrogen-bond donors (Lipinski definition) is 1. The molecular formula is C18H30N2O2. The van der Waals surface area contributed by atoms with Crippen LogP contribution in [0.1, 0.15) is 64.7 Å². The van der Waals surface area contributed by atoms with E-state index in [0.717, 1.165) is 44.6 Å². The Morgan fingerprint density at radius 3 is 2.23 bits per heavy atom. The highest BCUT2D eigenvalue weighted by Gasteiger charge is 2.41. The van der Waals surface area contributed by atoms with Gasteiger partial charge in [0.15, 0.2) is 0 Å². The molecule has 0 radical (unpaired) electrons. The zero-order valence-corrected chi connectivity index (χ0v) is 13.8. The highest BCUT2D eigenvalue weighted by atomic mass is 16.2. The Balaban J connectivity index is 1.63. The van der Waals surface area contributed by atoms with Gasteiger partial charge >= 0.3 is 0 Å². The van der Waals surface area contributed by atoms with Crippen LogP contribution in [0, 0.1) is 23.7 Å². The van der Waals surface area contributed by atoms with Gasteiger partial charge in [-0.25, -0.2) is 0 Å². The summed E-state index contributed by atoms with van der Waals surface area (Å²) < 4.78 is 0. The molecule has 3 aliphatic rings. The molecule has 0 aromatic rings. The normalized spacial score (nSPS) is 39.1. The number of likely N-dealkylation sites (tertiary alicyclic amines) is 1. The van der Waals surface area contributed by atoms with Crippen molar-refractivity contribution in [3.8, 4) is 0 Å². The lowest BCUT2D eigenvalue weighted by Gasteiger charge is -2.48. The third-order valence-corrected chi connectivity index (χ3v) is 6.50. The second kappa shape index (κ2) is 6.59. The van der Waals surface area contributed by atoms with Crippen molar-refractivity contribution in [2.24, 2.45) is 29.4 Å². The van der Waals surface area contributed by atoms with E-state index in [0.29, 0.717) is 17.9 Å². The monoisotopic (exact) mass is 306 g/mol. The Bertz CT molecular complexity index is 429. The molecule has 2 saturated carbocycles. The zero-order chi connectivity index (χ0) is 15.7. The maximum Gasteiger partial charge on any atom is 0.225 e. The van der Waals surface area contributed by atoms with Crippen molar-refractivity contribution in [1.82, 2.24) is 4.90 Å². The van der Waals surface area contributed by atoms with Gasteiger partial charge < -0.3 is 10.6 Å². The minimum absolute atomic E-state index is 0.00661. The van der Waals surface area contributed by atoms with Crippen LogP contribution in [0.15, 0.2) is 0 Å². The number of nitrogens with two attached hydrogens (primary N) is 1. The number of nitrogens with zero attached hydrogens (tertiary/aromatic N) is 1. The predicted molar refractivity (Wildman–Crippen MR) is 85.9 cm³/mol. The van der Waals surface area contributed by atoms with Crippen molar-refractivity contribution in [2.75, 3.05) is 6.54 Å². The minimum atomic E-state index is -0.190. The lowest BCUT2D eigenvalue weighted by Crippen LogP contribution is -2.54. The standard InChI is InChI=1S/C18H30N2O2/c1-12-10-11-20(16-5-3-2-4-15(12)16)18(22)14-8-6-13(7-9-14)17(19)21/h12-16H,2-11H2,1H3,(H2,19,21). The fraction of sp³-hybridized carbons (Fsp3) is 0.889. The summed E-state index contributed by atoms with van der Waals surface area (Å²) in [6, 6.07) is 0.485. The van der Waals surface area contributed by atoms with Gasteiger partial charge in [-0.2, -0.15) is 0 Å². The molecule has 124 valence electrons. The number of hydrogen-bond acceptors (Lipinski definition) is 2. The molecule has 1 aliphatic heterocycles. The lowest BCUT2D eigenvalue weighted by molar-refractivity contribution is -0.145. The van der Waals surface area contributed by atoms with Gasteiger partial charge in [-0.1, -0.05) is 19.8 Å². The van der Waals surface area contributed by atoms with Crippen LogP contribution in [-0.4, -0.2) is 29.3 Å². The molecule has 3 unspecified atom stereocenters. The van der Waals surface area contributed by atoms with Crippen molar-refractivity contribution in [2.45, 2.75) is 70.8 Å². The zero-order valence-electron chi connectivity index (χ0n) is 13.8. The van der Waals surface area contributed by atoms with E-state index in [4.69, 9.17) is 5.73 Å². The Kier molecular flexibility index (Phi) is 4.74. The molecule has 2 amide bonds. The van der Waals surface area contributed by atoms with Gasteiger partial charge in [-0.3, -0.25) is 9.59 Å². The predicted octanol–water partition coefficient (Wildman–Crippen LogP) is 2.71. The van der Waals surface area contributed by atoms with E-state index in [1.807, 2.05) is 0 Å². The maximum atomic E-state index is 13.0. The van der Waals surface area contributed by atoms with E-state index in [9.17, 15) is 9.59 Å². The molecule has 0 spiro atoms. The Morgan fingerprint density at radius 2 is 1.55 bits per heavy atom. The van der Waals surface area contributed by atoms with Gasteiger partial charge in [0, 0.05) is 24.4 Å². The second-order valence-electron chi connectivity index (χ2n) is 7.76. The highest BCUT2D eigenvalue weighted by Crippen LogP contribution is 2.40. The largest absolute Gasteiger partial charge is 0.369 e. The van der Waals surface area contributed by atoms with Gasteiger partial charge in [0.25, 0.3) is 0 Å². The van der Waals surface area contributed by atoms with Gasteiger partial charge in [0.05, 0.1) is 0 Å². The van der Waals surface area contributed by atoms with Crippen LogP contribution >= 0.6 is 0 Å². The van der Waals surface area contributed by atoms with Crippen molar-refractivity contribution >= 4 is 11.8 Å². The summed E-state index contributed by atoms with van der Waals surface area (Å²) in [5.41, 5.74) is 5.40. The number of amides is 2. The molecule has 4 nitrogen and oxygen atoms in total. The van der Waals surface area contributed by atoms with E-state index in [-0.39, 0.29) is 17.7 Å². The average molecular weight is 306 g/mol. The van der Waals surface area contributed by atoms with E-state index in [1.54, 1.807) is 0 Å². The van der Waals surface area contributed by atoms with Gasteiger partial charge in [-0.15, -0.1) is 0 Å². The van der Waals surface area contributed by atoms with E-state index >= 15 is 0 Å². The summed E-state index contributed by atoms with van der Waals surface area (Å²) in [7, 11) is 0. The van der Waals surface area contributed by atoms with Crippen LogP contribution in [0.5, 0.6) is 0 Å². The van der Waals surface area contributed by atoms with E-state index in [2.05, 4.69) is 11.8 Å². The molecule has 2 N–H and O–H groups in total. The topological polar surface area (TPSA) is 63.4 Å². The first-order valence-corrected chi connectivity index (χ1v) is 9.17. The molecule has 0 aromatic heterocycles. The van der Waals surface area contributed by atoms with Crippen LogP contribution in [0.3, 0.4) is 0 Å². The van der Waals surface area contributed by atoms with E-state index in [1.165, 1.54) is 25.7 Å². The molecule has 22 heavy (non-hydrogen) atoms. The SMILES string of the molecule is CC1CCN(C(=O)C2CCC(C(N)=O)CC2)C2CCCCC12. The van der Waals surface area contributed by atoms with Gasteiger partial charge in [0.1, 0.15) is 0 Å². The van der Waals surface area contributed by atoms with E-state index < -0.39 is 0 Å².